The lowest BCUT2D eigenvalue weighted by atomic mass is 10.0. The summed E-state index contributed by atoms with van der Waals surface area (Å²) >= 11 is 0. The maximum atomic E-state index is 13.2. The Bertz CT molecular complexity index is 1210. The fourth-order valence-electron chi connectivity index (χ4n) is 4.03. The third kappa shape index (κ3) is 2.69. The van der Waals surface area contributed by atoms with Gasteiger partial charge in [0.15, 0.2) is 0 Å². The number of pyridine rings is 1. The van der Waals surface area contributed by atoms with Crippen LogP contribution < -0.4 is 10.5 Å². The number of benzene rings is 2. The van der Waals surface area contributed by atoms with Crippen LogP contribution in [0.5, 0.6) is 5.75 Å². The second-order valence-electron chi connectivity index (χ2n) is 7.29. The Morgan fingerprint density at radius 1 is 1.24 bits per heavy atom. The van der Waals surface area contributed by atoms with E-state index in [-0.39, 0.29) is 11.9 Å². The predicted octanol–water partition coefficient (Wildman–Crippen LogP) is 2.92. The van der Waals surface area contributed by atoms with Gasteiger partial charge in [0.05, 0.1) is 36.4 Å². The van der Waals surface area contributed by atoms with Crippen LogP contribution in [0, 0.1) is 11.3 Å². The molecule has 7 heteroatoms. The zero-order valence-corrected chi connectivity index (χ0v) is 15.8. The summed E-state index contributed by atoms with van der Waals surface area (Å²) in [7, 11) is 1.77. The normalized spacial score (nSPS) is 16.8. The predicted molar refractivity (Wildman–Crippen MR) is 106 cm³/mol. The van der Waals surface area contributed by atoms with Crippen LogP contribution in [0.4, 0.5) is 5.82 Å². The van der Waals surface area contributed by atoms with Crippen LogP contribution in [0.2, 0.25) is 0 Å². The fraction of sp³-hybridized carbons (Fsp3) is 0.227. The molecular formula is C22H18N4O3. The number of fused-ring (bicyclic) bond motifs is 4. The molecule has 0 spiro atoms. The van der Waals surface area contributed by atoms with Crippen molar-refractivity contribution in [2.45, 2.75) is 19.3 Å². The number of amides is 1. The van der Waals surface area contributed by atoms with Gasteiger partial charge in [-0.25, -0.2) is 4.98 Å². The van der Waals surface area contributed by atoms with Gasteiger partial charge in [-0.15, -0.1) is 0 Å². The van der Waals surface area contributed by atoms with Crippen molar-refractivity contribution in [1.29, 1.82) is 5.26 Å². The summed E-state index contributed by atoms with van der Waals surface area (Å²) in [6.45, 7) is 1.28. The minimum atomic E-state index is -0.209. The molecule has 2 N–H and O–H groups in total. The summed E-state index contributed by atoms with van der Waals surface area (Å²) in [6.07, 6.45) is 0. The average molecular weight is 386 g/mol. The van der Waals surface area contributed by atoms with Gasteiger partial charge in [-0.05, 0) is 35.9 Å². The Morgan fingerprint density at radius 2 is 2.07 bits per heavy atom. The number of carbonyl (C=O) groups excluding carboxylic acids is 1. The third-order valence-corrected chi connectivity index (χ3v) is 5.66. The Morgan fingerprint density at radius 3 is 2.90 bits per heavy atom. The van der Waals surface area contributed by atoms with Gasteiger partial charge in [0.2, 0.25) is 0 Å². The van der Waals surface area contributed by atoms with E-state index in [9.17, 15) is 4.79 Å². The number of rotatable bonds is 2. The Hall–Kier alpha value is -3.63. The standard InChI is InChI=1S/C22H18N4O3/c1-26(19-11-29-20-6-12(8-23)2-4-14(19)20)22(27)13-3-5-18-15(7-13)16-9-28-10-17(16)21(24)25-18/h2-7,19H,9-11H2,1H3,(H2,24,25). The van der Waals surface area contributed by atoms with E-state index in [1.807, 2.05) is 18.2 Å². The van der Waals surface area contributed by atoms with Crippen LogP contribution >= 0.6 is 0 Å². The van der Waals surface area contributed by atoms with Gasteiger partial charge in [-0.3, -0.25) is 4.79 Å². The van der Waals surface area contributed by atoms with E-state index in [0.717, 1.165) is 27.6 Å². The molecule has 2 aliphatic rings. The van der Waals surface area contributed by atoms with Crippen molar-refractivity contribution < 1.29 is 14.3 Å². The minimum Gasteiger partial charge on any atom is -0.491 e. The molecular weight excluding hydrogens is 368 g/mol. The third-order valence-electron chi connectivity index (χ3n) is 5.66. The van der Waals surface area contributed by atoms with Crippen molar-refractivity contribution >= 4 is 22.6 Å². The van der Waals surface area contributed by atoms with Gasteiger partial charge >= 0.3 is 0 Å². The molecule has 1 aromatic heterocycles. The highest BCUT2D eigenvalue weighted by atomic mass is 16.5. The summed E-state index contributed by atoms with van der Waals surface area (Å²) in [5.74, 6) is 1.03. The maximum Gasteiger partial charge on any atom is 0.254 e. The van der Waals surface area contributed by atoms with Gasteiger partial charge < -0.3 is 20.1 Å². The monoisotopic (exact) mass is 386 g/mol. The zero-order valence-electron chi connectivity index (χ0n) is 15.8. The largest absolute Gasteiger partial charge is 0.491 e. The molecule has 3 aromatic rings. The number of ether oxygens (including phenoxy) is 2. The Kier molecular flexibility index (Phi) is 3.89. The van der Waals surface area contributed by atoms with Crippen LogP contribution in [-0.2, 0) is 18.0 Å². The van der Waals surface area contributed by atoms with E-state index in [1.165, 1.54) is 0 Å². The van der Waals surface area contributed by atoms with Gasteiger partial charge in [0.1, 0.15) is 18.2 Å². The number of anilines is 1. The summed E-state index contributed by atoms with van der Waals surface area (Å²) < 4.78 is 11.3. The van der Waals surface area contributed by atoms with Crippen LogP contribution in [0.25, 0.3) is 10.9 Å². The fourth-order valence-corrected chi connectivity index (χ4v) is 4.03. The lowest BCUT2D eigenvalue weighted by molar-refractivity contribution is 0.0708. The van der Waals surface area contributed by atoms with E-state index in [2.05, 4.69) is 11.1 Å². The molecule has 1 atom stereocenters. The number of hydrogen-bond donors (Lipinski definition) is 1. The van der Waals surface area contributed by atoms with Crippen molar-refractivity contribution in [3.05, 3.63) is 64.2 Å². The van der Waals surface area contributed by atoms with E-state index in [0.29, 0.717) is 42.5 Å². The van der Waals surface area contributed by atoms with E-state index < -0.39 is 0 Å². The molecule has 0 saturated heterocycles. The summed E-state index contributed by atoms with van der Waals surface area (Å²) in [6, 6.07) is 12.7. The Balaban J connectivity index is 1.49. The van der Waals surface area contributed by atoms with E-state index in [4.69, 9.17) is 20.5 Å². The summed E-state index contributed by atoms with van der Waals surface area (Å²) in [5.41, 5.74) is 10.7. The molecule has 2 aliphatic heterocycles. The lowest BCUT2D eigenvalue weighted by Crippen LogP contribution is -2.32. The molecule has 2 aromatic carbocycles. The van der Waals surface area contributed by atoms with Crippen LogP contribution in [0.3, 0.4) is 0 Å². The molecule has 0 bridgehead atoms. The van der Waals surface area contributed by atoms with Crippen molar-refractivity contribution in [2.24, 2.45) is 0 Å². The quantitative estimate of drug-likeness (QED) is 0.727. The van der Waals surface area contributed by atoms with Gasteiger partial charge in [-0.1, -0.05) is 6.07 Å². The van der Waals surface area contributed by atoms with Gasteiger partial charge in [0, 0.05) is 29.1 Å². The van der Waals surface area contributed by atoms with Gasteiger partial charge in [-0.2, -0.15) is 5.26 Å². The maximum absolute atomic E-state index is 13.2. The molecule has 0 fully saturated rings. The molecule has 0 saturated carbocycles. The van der Waals surface area contributed by atoms with E-state index >= 15 is 0 Å². The van der Waals surface area contributed by atoms with E-state index in [1.54, 1.807) is 30.1 Å². The first-order valence-electron chi connectivity index (χ1n) is 9.29. The summed E-state index contributed by atoms with van der Waals surface area (Å²) in [4.78, 5) is 19.3. The van der Waals surface area contributed by atoms with Crippen molar-refractivity contribution in [3.63, 3.8) is 0 Å². The highest BCUT2D eigenvalue weighted by Crippen LogP contribution is 2.37. The molecule has 3 heterocycles. The smallest absolute Gasteiger partial charge is 0.254 e. The number of nitrogens with zero attached hydrogens (tertiary/aromatic N) is 3. The number of nitriles is 1. The number of carbonyl (C=O) groups is 1. The van der Waals surface area contributed by atoms with Crippen LogP contribution in [-0.4, -0.2) is 29.4 Å². The second kappa shape index (κ2) is 6.47. The highest BCUT2D eigenvalue weighted by molar-refractivity contribution is 5.99. The Labute approximate surface area is 167 Å². The number of aromatic nitrogens is 1. The van der Waals surface area contributed by atoms with Crippen LogP contribution in [0.15, 0.2) is 36.4 Å². The van der Waals surface area contributed by atoms with Crippen molar-refractivity contribution in [1.82, 2.24) is 9.88 Å². The molecule has 144 valence electrons. The average Bonchev–Trinajstić information content (AvgIpc) is 3.40. The lowest BCUT2D eigenvalue weighted by Gasteiger charge is -2.24. The second-order valence-corrected chi connectivity index (χ2v) is 7.29. The highest BCUT2D eigenvalue weighted by Gasteiger charge is 2.31. The molecule has 7 nitrogen and oxygen atoms in total. The molecule has 0 aliphatic carbocycles. The molecule has 1 unspecified atom stereocenters. The molecule has 29 heavy (non-hydrogen) atoms. The molecule has 5 rings (SSSR count). The van der Waals surface area contributed by atoms with Crippen molar-refractivity contribution in [3.8, 4) is 11.8 Å². The van der Waals surface area contributed by atoms with Crippen molar-refractivity contribution in [2.75, 3.05) is 19.4 Å². The van der Waals surface area contributed by atoms with Crippen LogP contribution in [0.1, 0.15) is 38.7 Å². The first kappa shape index (κ1) is 17.5. The number of hydrogen-bond acceptors (Lipinski definition) is 6. The first-order chi connectivity index (χ1) is 14.1. The number of nitrogen functional groups attached to an aromatic ring is 1. The summed E-state index contributed by atoms with van der Waals surface area (Å²) in [5, 5.41) is 9.96. The number of nitrogens with two attached hydrogens (primary N) is 1. The number of likely N-dealkylation sites (N-methyl/N-ethyl adjacent to an activating group) is 1. The minimum absolute atomic E-state index is 0.109. The van der Waals surface area contributed by atoms with Gasteiger partial charge in [0.25, 0.3) is 5.91 Å². The molecule has 1 amide bonds. The molecule has 0 radical (unpaired) electrons. The SMILES string of the molecule is CN(C(=O)c1ccc2nc(N)c3c(c2c1)COC3)C1COc2cc(C#N)ccc21. The zero-order chi connectivity index (χ0) is 20.1. The topological polar surface area (TPSA) is 101 Å². The first-order valence-corrected chi connectivity index (χ1v) is 9.29.